The highest BCUT2D eigenvalue weighted by atomic mass is 32.1. The molecule has 0 aliphatic heterocycles. The number of aryl methyl sites for hydroxylation is 2. The molecule has 1 aromatic carbocycles. The SMILES string of the molecule is CCc1cnc(CCNC(=NC)NCc2ccccc2CC)s1. The van der Waals surface area contributed by atoms with Crippen molar-refractivity contribution in [2.24, 2.45) is 4.99 Å². The maximum atomic E-state index is 4.44. The summed E-state index contributed by atoms with van der Waals surface area (Å²) in [6.45, 7) is 5.98. The zero-order valence-corrected chi connectivity index (χ0v) is 15.0. The molecule has 0 radical (unpaired) electrons. The Balaban J connectivity index is 1.79. The molecule has 0 aliphatic rings. The Labute approximate surface area is 143 Å². The molecular weight excluding hydrogens is 304 g/mol. The zero-order chi connectivity index (χ0) is 16.5. The highest BCUT2D eigenvalue weighted by Gasteiger charge is 2.03. The number of thiazole rings is 1. The molecule has 2 N–H and O–H groups in total. The van der Waals surface area contributed by atoms with Gasteiger partial charge in [-0.2, -0.15) is 0 Å². The molecule has 0 fully saturated rings. The van der Waals surface area contributed by atoms with Crippen molar-refractivity contribution in [1.82, 2.24) is 15.6 Å². The van der Waals surface area contributed by atoms with Gasteiger partial charge < -0.3 is 10.6 Å². The van der Waals surface area contributed by atoms with Crippen molar-refractivity contribution >= 4 is 17.3 Å². The van der Waals surface area contributed by atoms with E-state index in [1.807, 2.05) is 6.20 Å². The summed E-state index contributed by atoms with van der Waals surface area (Å²) in [7, 11) is 1.81. The second kappa shape index (κ2) is 9.30. The number of hydrogen-bond donors (Lipinski definition) is 2. The Morgan fingerprint density at radius 3 is 2.57 bits per heavy atom. The first-order valence-electron chi connectivity index (χ1n) is 8.21. The van der Waals surface area contributed by atoms with Gasteiger partial charge in [0, 0.05) is 37.6 Å². The quantitative estimate of drug-likeness (QED) is 0.605. The first kappa shape index (κ1) is 17.5. The summed E-state index contributed by atoms with van der Waals surface area (Å²) in [5, 5.41) is 7.93. The van der Waals surface area contributed by atoms with Crippen molar-refractivity contribution in [3.05, 3.63) is 51.5 Å². The molecule has 0 saturated heterocycles. The average molecular weight is 331 g/mol. The van der Waals surface area contributed by atoms with Gasteiger partial charge in [-0.1, -0.05) is 38.1 Å². The standard InChI is InChI=1S/C18H26N4S/c1-4-14-8-6-7-9-15(14)12-22-18(19-3)20-11-10-17-21-13-16(5-2)23-17/h6-9,13H,4-5,10-12H2,1-3H3,(H2,19,20,22). The zero-order valence-electron chi connectivity index (χ0n) is 14.2. The van der Waals surface area contributed by atoms with Gasteiger partial charge in [0.25, 0.3) is 0 Å². The van der Waals surface area contributed by atoms with E-state index >= 15 is 0 Å². The van der Waals surface area contributed by atoms with Gasteiger partial charge in [0.1, 0.15) is 0 Å². The molecule has 5 heteroatoms. The van der Waals surface area contributed by atoms with Crippen molar-refractivity contribution in [3.8, 4) is 0 Å². The van der Waals surface area contributed by atoms with Crippen LogP contribution in [-0.2, 0) is 25.8 Å². The van der Waals surface area contributed by atoms with Crippen LogP contribution in [0.4, 0.5) is 0 Å². The number of guanidine groups is 1. The second-order valence-electron chi connectivity index (χ2n) is 5.30. The number of aromatic nitrogens is 1. The lowest BCUT2D eigenvalue weighted by atomic mass is 10.1. The molecule has 0 amide bonds. The third-order valence-corrected chi connectivity index (χ3v) is 4.95. The smallest absolute Gasteiger partial charge is 0.191 e. The minimum absolute atomic E-state index is 0.793. The monoisotopic (exact) mass is 330 g/mol. The van der Waals surface area contributed by atoms with E-state index in [1.54, 1.807) is 18.4 Å². The molecule has 4 nitrogen and oxygen atoms in total. The largest absolute Gasteiger partial charge is 0.356 e. The van der Waals surface area contributed by atoms with Crippen LogP contribution in [0.15, 0.2) is 35.5 Å². The number of nitrogens with zero attached hydrogens (tertiary/aromatic N) is 2. The fraction of sp³-hybridized carbons (Fsp3) is 0.444. The van der Waals surface area contributed by atoms with E-state index in [2.05, 4.69) is 58.7 Å². The van der Waals surface area contributed by atoms with Gasteiger partial charge >= 0.3 is 0 Å². The van der Waals surface area contributed by atoms with Gasteiger partial charge in [-0.25, -0.2) is 4.98 Å². The van der Waals surface area contributed by atoms with Crippen molar-refractivity contribution in [2.75, 3.05) is 13.6 Å². The summed E-state index contributed by atoms with van der Waals surface area (Å²) >= 11 is 1.80. The molecular formula is C18H26N4S. The fourth-order valence-corrected chi connectivity index (χ4v) is 3.25. The van der Waals surface area contributed by atoms with Crippen molar-refractivity contribution in [2.45, 2.75) is 39.7 Å². The molecule has 23 heavy (non-hydrogen) atoms. The summed E-state index contributed by atoms with van der Waals surface area (Å²) in [6, 6.07) is 8.52. The van der Waals surface area contributed by atoms with Crippen LogP contribution in [0.25, 0.3) is 0 Å². The molecule has 124 valence electrons. The van der Waals surface area contributed by atoms with Crippen LogP contribution in [0.2, 0.25) is 0 Å². The Bertz CT molecular complexity index is 633. The normalized spacial score (nSPS) is 11.5. The summed E-state index contributed by atoms with van der Waals surface area (Å²) < 4.78 is 0. The summed E-state index contributed by atoms with van der Waals surface area (Å²) in [5.74, 6) is 0.836. The Morgan fingerprint density at radius 2 is 1.91 bits per heavy atom. The summed E-state index contributed by atoms with van der Waals surface area (Å²) in [6.07, 6.45) is 5.02. The van der Waals surface area contributed by atoms with E-state index in [1.165, 1.54) is 21.0 Å². The molecule has 0 aliphatic carbocycles. The Hall–Kier alpha value is -1.88. The van der Waals surface area contributed by atoms with Crippen molar-refractivity contribution < 1.29 is 0 Å². The maximum Gasteiger partial charge on any atom is 0.191 e. The molecule has 0 unspecified atom stereocenters. The fourth-order valence-electron chi connectivity index (χ4n) is 2.39. The van der Waals surface area contributed by atoms with Crippen molar-refractivity contribution in [3.63, 3.8) is 0 Å². The van der Waals surface area contributed by atoms with E-state index in [0.717, 1.165) is 38.3 Å². The number of aliphatic imine (C=N–C) groups is 1. The highest BCUT2D eigenvalue weighted by molar-refractivity contribution is 7.11. The molecule has 2 rings (SSSR count). The third kappa shape index (κ3) is 5.36. The first-order valence-corrected chi connectivity index (χ1v) is 9.03. The average Bonchev–Trinajstić information content (AvgIpc) is 3.06. The Morgan fingerprint density at radius 1 is 1.13 bits per heavy atom. The highest BCUT2D eigenvalue weighted by Crippen LogP contribution is 2.13. The number of rotatable bonds is 7. The number of nitrogens with one attached hydrogen (secondary N) is 2. The minimum Gasteiger partial charge on any atom is -0.356 e. The number of hydrogen-bond acceptors (Lipinski definition) is 3. The molecule has 1 aromatic heterocycles. The molecule has 2 aromatic rings. The van der Waals surface area contributed by atoms with E-state index in [4.69, 9.17) is 0 Å². The van der Waals surface area contributed by atoms with Gasteiger partial charge in [0.2, 0.25) is 0 Å². The van der Waals surface area contributed by atoms with Gasteiger partial charge in [-0.15, -0.1) is 11.3 Å². The molecule has 0 saturated carbocycles. The Kier molecular flexibility index (Phi) is 7.07. The summed E-state index contributed by atoms with van der Waals surface area (Å²) in [5.41, 5.74) is 2.70. The number of benzene rings is 1. The predicted molar refractivity (Wildman–Crippen MR) is 99.2 cm³/mol. The predicted octanol–water partition coefficient (Wildman–Crippen LogP) is 3.18. The minimum atomic E-state index is 0.793. The lowest BCUT2D eigenvalue weighted by Crippen LogP contribution is -2.38. The van der Waals surface area contributed by atoms with Crippen LogP contribution in [0.1, 0.15) is 34.9 Å². The van der Waals surface area contributed by atoms with Crippen LogP contribution in [-0.4, -0.2) is 24.5 Å². The van der Waals surface area contributed by atoms with E-state index in [0.29, 0.717) is 0 Å². The van der Waals surface area contributed by atoms with Crippen LogP contribution in [0.5, 0.6) is 0 Å². The van der Waals surface area contributed by atoms with Gasteiger partial charge in [-0.3, -0.25) is 4.99 Å². The lowest BCUT2D eigenvalue weighted by molar-refractivity contribution is 0.787. The van der Waals surface area contributed by atoms with Crippen LogP contribution >= 0.6 is 11.3 Å². The van der Waals surface area contributed by atoms with Gasteiger partial charge in [0.05, 0.1) is 5.01 Å². The lowest BCUT2D eigenvalue weighted by Gasteiger charge is -2.13. The molecule has 0 bridgehead atoms. The molecule has 0 spiro atoms. The van der Waals surface area contributed by atoms with Crippen LogP contribution in [0.3, 0.4) is 0 Å². The summed E-state index contributed by atoms with van der Waals surface area (Å²) in [4.78, 5) is 10.1. The second-order valence-corrected chi connectivity index (χ2v) is 6.50. The first-order chi connectivity index (χ1) is 11.3. The van der Waals surface area contributed by atoms with Crippen LogP contribution < -0.4 is 10.6 Å². The van der Waals surface area contributed by atoms with Gasteiger partial charge in [-0.05, 0) is 24.0 Å². The van der Waals surface area contributed by atoms with Crippen LogP contribution in [0, 0.1) is 0 Å². The van der Waals surface area contributed by atoms with Gasteiger partial charge in [0.15, 0.2) is 5.96 Å². The maximum absolute atomic E-state index is 4.44. The topological polar surface area (TPSA) is 49.3 Å². The third-order valence-electron chi connectivity index (χ3n) is 3.75. The van der Waals surface area contributed by atoms with E-state index < -0.39 is 0 Å². The van der Waals surface area contributed by atoms with E-state index in [9.17, 15) is 0 Å². The van der Waals surface area contributed by atoms with Crippen molar-refractivity contribution in [1.29, 1.82) is 0 Å². The van der Waals surface area contributed by atoms with E-state index in [-0.39, 0.29) is 0 Å². The molecule has 1 heterocycles. The molecule has 0 atom stereocenters.